The van der Waals surface area contributed by atoms with E-state index in [1.807, 2.05) is 6.07 Å². The van der Waals surface area contributed by atoms with Crippen LogP contribution in [0.4, 0.5) is 10.2 Å². The van der Waals surface area contributed by atoms with Crippen LogP contribution in [-0.4, -0.2) is 23.1 Å². The van der Waals surface area contributed by atoms with Gasteiger partial charge in [0.1, 0.15) is 10.8 Å². The molecule has 2 atom stereocenters. The zero-order chi connectivity index (χ0) is 14.1. The standard InChI is InChI=1S/C14H13ClFN3O/c1-20-14-17-7-11(15)13(19-14)18-12-6-10(12)8-3-2-4-9(16)5-8/h2-5,7,10,12H,6H2,1H3,(H,17,18,19)/t10-,12+/m0/s1. The van der Waals surface area contributed by atoms with Gasteiger partial charge in [0.25, 0.3) is 0 Å². The molecule has 1 aromatic heterocycles. The minimum atomic E-state index is -0.213. The molecule has 1 fully saturated rings. The Morgan fingerprint density at radius 1 is 1.45 bits per heavy atom. The van der Waals surface area contributed by atoms with E-state index in [0.29, 0.717) is 10.8 Å². The van der Waals surface area contributed by atoms with Crippen LogP contribution in [-0.2, 0) is 0 Å². The number of halogens is 2. The van der Waals surface area contributed by atoms with E-state index in [1.54, 1.807) is 12.1 Å². The first-order valence-electron chi connectivity index (χ1n) is 6.26. The van der Waals surface area contributed by atoms with Crippen molar-refractivity contribution in [3.05, 3.63) is 46.9 Å². The van der Waals surface area contributed by atoms with Gasteiger partial charge < -0.3 is 10.1 Å². The number of ether oxygens (including phenoxy) is 1. The average molecular weight is 294 g/mol. The van der Waals surface area contributed by atoms with Crippen LogP contribution in [0.2, 0.25) is 5.02 Å². The van der Waals surface area contributed by atoms with Gasteiger partial charge in [-0.15, -0.1) is 0 Å². The second kappa shape index (κ2) is 5.25. The van der Waals surface area contributed by atoms with Gasteiger partial charge in [0, 0.05) is 12.0 Å². The summed E-state index contributed by atoms with van der Waals surface area (Å²) in [5.74, 6) is 0.611. The van der Waals surface area contributed by atoms with Gasteiger partial charge >= 0.3 is 6.01 Å². The smallest absolute Gasteiger partial charge is 0.318 e. The molecule has 4 nitrogen and oxygen atoms in total. The van der Waals surface area contributed by atoms with Crippen molar-refractivity contribution in [3.8, 4) is 6.01 Å². The first-order valence-corrected chi connectivity index (χ1v) is 6.63. The fraction of sp³-hybridized carbons (Fsp3) is 0.286. The molecule has 0 spiro atoms. The predicted octanol–water partition coefficient (Wildman–Crippen LogP) is 3.25. The Morgan fingerprint density at radius 3 is 3.05 bits per heavy atom. The quantitative estimate of drug-likeness (QED) is 0.940. The van der Waals surface area contributed by atoms with Crippen LogP contribution in [0.5, 0.6) is 6.01 Å². The number of hydrogen-bond donors (Lipinski definition) is 1. The summed E-state index contributed by atoms with van der Waals surface area (Å²) in [6.07, 6.45) is 2.42. The van der Waals surface area contributed by atoms with E-state index in [9.17, 15) is 4.39 Å². The summed E-state index contributed by atoms with van der Waals surface area (Å²) in [6, 6.07) is 7.13. The lowest BCUT2D eigenvalue weighted by molar-refractivity contribution is 0.380. The molecule has 0 radical (unpaired) electrons. The first kappa shape index (κ1) is 13.1. The molecule has 2 aromatic rings. The Bertz CT molecular complexity index is 638. The van der Waals surface area contributed by atoms with E-state index < -0.39 is 0 Å². The van der Waals surface area contributed by atoms with Crippen LogP contribution >= 0.6 is 11.6 Å². The van der Waals surface area contributed by atoms with E-state index in [0.717, 1.165) is 12.0 Å². The number of aromatic nitrogens is 2. The fourth-order valence-electron chi connectivity index (χ4n) is 2.19. The third kappa shape index (κ3) is 2.67. The summed E-state index contributed by atoms with van der Waals surface area (Å²) in [7, 11) is 1.50. The highest BCUT2D eigenvalue weighted by atomic mass is 35.5. The Hall–Kier alpha value is -1.88. The van der Waals surface area contributed by atoms with Gasteiger partial charge in [-0.3, -0.25) is 0 Å². The molecule has 1 N–H and O–H groups in total. The van der Waals surface area contributed by atoms with Gasteiger partial charge in [-0.25, -0.2) is 9.37 Å². The van der Waals surface area contributed by atoms with Crippen LogP contribution in [0.1, 0.15) is 17.9 Å². The molecule has 0 aliphatic heterocycles. The Kier molecular flexibility index (Phi) is 3.44. The lowest BCUT2D eigenvalue weighted by Crippen LogP contribution is -2.07. The maximum Gasteiger partial charge on any atom is 0.318 e. The number of benzene rings is 1. The van der Waals surface area contributed by atoms with E-state index in [-0.39, 0.29) is 23.8 Å². The third-order valence-electron chi connectivity index (χ3n) is 3.29. The molecule has 6 heteroatoms. The lowest BCUT2D eigenvalue weighted by Gasteiger charge is -2.08. The molecule has 0 bridgehead atoms. The number of rotatable bonds is 4. The highest BCUT2D eigenvalue weighted by molar-refractivity contribution is 6.32. The van der Waals surface area contributed by atoms with Crippen molar-refractivity contribution in [3.63, 3.8) is 0 Å². The van der Waals surface area contributed by atoms with Gasteiger partial charge in [-0.05, 0) is 24.1 Å². The van der Waals surface area contributed by atoms with Gasteiger partial charge in [-0.1, -0.05) is 23.7 Å². The Morgan fingerprint density at radius 2 is 2.30 bits per heavy atom. The zero-order valence-corrected chi connectivity index (χ0v) is 11.6. The third-order valence-corrected chi connectivity index (χ3v) is 3.57. The molecule has 1 heterocycles. The normalized spacial score (nSPS) is 20.6. The van der Waals surface area contributed by atoms with Crippen molar-refractivity contribution in [1.82, 2.24) is 9.97 Å². The van der Waals surface area contributed by atoms with E-state index in [2.05, 4.69) is 15.3 Å². The monoisotopic (exact) mass is 293 g/mol. The molecule has 0 amide bonds. The molecular formula is C14H13ClFN3O. The van der Waals surface area contributed by atoms with E-state index in [4.69, 9.17) is 16.3 Å². The number of methoxy groups -OCH3 is 1. The molecular weight excluding hydrogens is 281 g/mol. The first-order chi connectivity index (χ1) is 9.67. The SMILES string of the molecule is COc1ncc(Cl)c(N[C@@H]2C[C@H]2c2cccc(F)c2)n1. The minimum Gasteiger partial charge on any atom is -0.467 e. The van der Waals surface area contributed by atoms with Crippen LogP contribution in [0, 0.1) is 5.82 Å². The summed E-state index contributed by atoms with van der Waals surface area (Å²) in [6.45, 7) is 0. The molecule has 1 aromatic carbocycles. The summed E-state index contributed by atoms with van der Waals surface area (Å²) >= 11 is 6.04. The maximum absolute atomic E-state index is 13.2. The second-order valence-corrected chi connectivity index (χ2v) is 5.11. The second-order valence-electron chi connectivity index (χ2n) is 4.70. The predicted molar refractivity (Wildman–Crippen MR) is 74.8 cm³/mol. The lowest BCUT2D eigenvalue weighted by atomic mass is 10.1. The summed E-state index contributed by atoms with van der Waals surface area (Å²) < 4.78 is 18.2. The van der Waals surface area contributed by atoms with Crippen molar-refractivity contribution in [1.29, 1.82) is 0 Å². The molecule has 3 rings (SSSR count). The van der Waals surface area contributed by atoms with Crippen molar-refractivity contribution in [2.75, 3.05) is 12.4 Å². The van der Waals surface area contributed by atoms with Gasteiger partial charge in [0.2, 0.25) is 0 Å². The Balaban J connectivity index is 1.72. The van der Waals surface area contributed by atoms with Gasteiger partial charge in [0.05, 0.1) is 13.3 Å². The highest BCUT2D eigenvalue weighted by Crippen LogP contribution is 2.43. The van der Waals surface area contributed by atoms with Crippen LogP contribution in [0.15, 0.2) is 30.5 Å². The van der Waals surface area contributed by atoms with E-state index >= 15 is 0 Å². The molecule has 1 saturated carbocycles. The van der Waals surface area contributed by atoms with Crippen LogP contribution < -0.4 is 10.1 Å². The van der Waals surface area contributed by atoms with Crippen molar-refractivity contribution in [2.45, 2.75) is 18.4 Å². The number of hydrogen-bond acceptors (Lipinski definition) is 4. The highest BCUT2D eigenvalue weighted by Gasteiger charge is 2.39. The van der Waals surface area contributed by atoms with Crippen LogP contribution in [0.3, 0.4) is 0 Å². The van der Waals surface area contributed by atoms with Crippen molar-refractivity contribution in [2.24, 2.45) is 0 Å². The molecule has 0 saturated heterocycles. The van der Waals surface area contributed by atoms with Gasteiger partial charge in [0.15, 0.2) is 5.82 Å². The van der Waals surface area contributed by atoms with Crippen molar-refractivity contribution >= 4 is 17.4 Å². The maximum atomic E-state index is 13.2. The summed E-state index contributed by atoms with van der Waals surface area (Å²) in [5, 5.41) is 3.68. The summed E-state index contributed by atoms with van der Waals surface area (Å²) in [4.78, 5) is 8.09. The number of anilines is 1. The van der Waals surface area contributed by atoms with Crippen LogP contribution in [0.25, 0.3) is 0 Å². The molecule has 104 valence electrons. The molecule has 0 unspecified atom stereocenters. The molecule has 1 aliphatic rings. The number of nitrogens with zero attached hydrogens (tertiary/aromatic N) is 2. The van der Waals surface area contributed by atoms with E-state index in [1.165, 1.54) is 19.4 Å². The summed E-state index contributed by atoms with van der Waals surface area (Å²) in [5.41, 5.74) is 0.986. The van der Waals surface area contributed by atoms with Crippen molar-refractivity contribution < 1.29 is 9.13 Å². The fourth-order valence-corrected chi connectivity index (χ4v) is 2.33. The topological polar surface area (TPSA) is 47.0 Å². The zero-order valence-electron chi connectivity index (χ0n) is 10.8. The number of nitrogens with one attached hydrogen (secondary N) is 1. The molecule has 1 aliphatic carbocycles. The minimum absolute atomic E-state index is 0.203. The Labute approximate surface area is 121 Å². The largest absolute Gasteiger partial charge is 0.467 e. The average Bonchev–Trinajstić information content (AvgIpc) is 3.21. The van der Waals surface area contributed by atoms with Gasteiger partial charge in [-0.2, -0.15) is 4.98 Å². The molecule has 20 heavy (non-hydrogen) atoms.